The van der Waals surface area contributed by atoms with Crippen LogP contribution in [0.3, 0.4) is 0 Å². The number of ether oxygens (including phenoxy) is 1. The highest BCUT2D eigenvalue weighted by Gasteiger charge is 2.20. The Bertz CT molecular complexity index is 404. The fourth-order valence-electron chi connectivity index (χ4n) is 1.78. The highest BCUT2D eigenvalue weighted by Crippen LogP contribution is 2.38. The fourth-order valence-corrected chi connectivity index (χ4v) is 2.05. The van der Waals surface area contributed by atoms with Gasteiger partial charge < -0.3 is 9.53 Å². The molecule has 0 aliphatic rings. The summed E-state index contributed by atoms with van der Waals surface area (Å²) >= 11 is 5.90. The van der Waals surface area contributed by atoms with Crippen molar-refractivity contribution in [1.29, 1.82) is 0 Å². The van der Waals surface area contributed by atoms with Crippen molar-refractivity contribution in [3.05, 3.63) is 28.0 Å². The third-order valence-electron chi connectivity index (χ3n) is 2.62. The number of aldehydes is 1. The molecule has 0 saturated carbocycles. The average molecular weight is 245 g/mol. The Labute approximate surface area is 99.4 Å². The number of rotatable bonds is 4. The van der Waals surface area contributed by atoms with Crippen LogP contribution in [0.5, 0.6) is 5.75 Å². The third-order valence-corrected chi connectivity index (χ3v) is 2.90. The molecule has 1 unspecified atom stereocenters. The minimum Gasteiger partial charge on any atom is -0.495 e. The van der Waals surface area contributed by atoms with Crippen LogP contribution in [-0.4, -0.2) is 13.4 Å². The molecule has 88 valence electrons. The molecule has 0 bridgehead atoms. The van der Waals surface area contributed by atoms with E-state index < -0.39 is 0 Å². The zero-order valence-corrected chi connectivity index (χ0v) is 10.3. The molecule has 0 spiro atoms. The van der Waals surface area contributed by atoms with Crippen LogP contribution in [-0.2, 0) is 4.79 Å². The first-order chi connectivity index (χ1) is 7.52. The second-order valence-electron chi connectivity index (χ2n) is 3.72. The second kappa shape index (κ2) is 5.30. The molecule has 1 aromatic carbocycles. The Morgan fingerprint density at radius 2 is 2.25 bits per heavy atom. The Hall–Kier alpha value is -1.09. The molecule has 1 rings (SSSR count). The SMILES string of the molecule is COc1c(Cl)cc(F)c(C)c1C(C)CC=O. The van der Waals surface area contributed by atoms with Crippen LogP contribution < -0.4 is 4.74 Å². The monoisotopic (exact) mass is 244 g/mol. The topological polar surface area (TPSA) is 26.3 Å². The molecule has 0 aliphatic carbocycles. The van der Waals surface area contributed by atoms with E-state index in [1.165, 1.54) is 13.2 Å². The van der Waals surface area contributed by atoms with Crippen LogP contribution in [0.1, 0.15) is 30.4 Å². The minimum absolute atomic E-state index is 0.111. The van der Waals surface area contributed by atoms with Crippen molar-refractivity contribution in [1.82, 2.24) is 0 Å². The van der Waals surface area contributed by atoms with Gasteiger partial charge in [-0.3, -0.25) is 0 Å². The van der Waals surface area contributed by atoms with Crippen molar-refractivity contribution in [2.75, 3.05) is 7.11 Å². The van der Waals surface area contributed by atoms with Gasteiger partial charge in [-0.25, -0.2) is 4.39 Å². The Morgan fingerprint density at radius 1 is 1.62 bits per heavy atom. The van der Waals surface area contributed by atoms with Gasteiger partial charge in [0.2, 0.25) is 0 Å². The molecule has 0 aliphatic heterocycles. The number of carbonyl (C=O) groups is 1. The van der Waals surface area contributed by atoms with Crippen LogP contribution in [0.4, 0.5) is 4.39 Å². The van der Waals surface area contributed by atoms with E-state index in [1.807, 2.05) is 6.92 Å². The number of hydrogen-bond donors (Lipinski definition) is 0. The van der Waals surface area contributed by atoms with E-state index in [4.69, 9.17) is 16.3 Å². The molecule has 1 atom stereocenters. The normalized spacial score (nSPS) is 12.3. The van der Waals surface area contributed by atoms with Gasteiger partial charge in [0.25, 0.3) is 0 Å². The minimum atomic E-state index is -0.376. The lowest BCUT2D eigenvalue weighted by Crippen LogP contribution is -2.04. The van der Waals surface area contributed by atoms with Crippen LogP contribution in [0, 0.1) is 12.7 Å². The lowest BCUT2D eigenvalue weighted by Gasteiger charge is -2.18. The molecule has 0 radical (unpaired) electrons. The predicted molar refractivity (Wildman–Crippen MR) is 61.8 cm³/mol. The number of methoxy groups -OCH3 is 1. The Kier molecular flexibility index (Phi) is 4.30. The molecular weight excluding hydrogens is 231 g/mol. The highest BCUT2D eigenvalue weighted by molar-refractivity contribution is 6.32. The molecule has 16 heavy (non-hydrogen) atoms. The van der Waals surface area contributed by atoms with E-state index >= 15 is 0 Å². The van der Waals surface area contributed by atoms with Crippen LogP contribution >= 0.6 is 11.6 Å². The molecule has 1 aromatic rings. The highest BCUT2D eigenvalue weighted by atomic mass is 35.5. The van der Waals surface area contributed by atoms with Gasteiger partial charge in [0, 0.05) is 12.0 Å². The smallest absolute Gasteiger partial charge is 0.141 e. The number of benzene rings is 1. The molecule has 0 saturated heterocycles. The van der Waals surface area contributed by atoms with E-state index in [-0.39, 0.29) is 16.8 Å². The molecule has 0 N–H and O–H groups in total. The van der Waals surface area contributed by atoms with Crippen molar-refractivity contribution >= 4 is 17.9 Å². The Morgan fingerprint density at radius 3 is 2.75 bits per heavy atom. The first kappa shape index (κ1) is 13.0. The summed E-state index contributed by atoms with van der Waals surface area (Å²) < 4.78 is 18.7. The zero-order valence-electron chi connectivity index (χ0n) is 9.51. The summed E-state index contributed by atoms with van der Waals surface area (Å²) in [6.45, 7) is 3.50. The van der Waals surface area contributed by atoms with E-state index in [9.17, 15) is 9.18 Å². The standard InChI is InChI=1S/C12H14ClFO2/c1-7(4-5-15)11-8(2)10(14)6-9(13)12(11)16-3/h5-7H,4H2,1-3H3. The van der Waals surface area contributed by atoms with Crippen LogP contribution in [0.2, 0.25) is 5.02 Å². The molecule has 0 fully saturated rings. The van der Waals surface area contributed by atoms with E-state index in [0.717, 1.165) is 6.29 Å². The number of hydrogen-bond acceptors (Lipinski definition) is 2. The third kappa shape index (κ3) is 2.35. The summed E-state index contributed by atoms with van der Waals surface area (Å²) in [6.07, 6.45) is 1.12. The van der Waals surface area contributed by atoms with Crippen LogP contribution in [0.25, 0.3) is 0 Å². The Balaban J connectivity index is 3.37. The largest absolute Gasteiger partial charge is 0.495 e. The maximum atomic E-state index is 13.5. The van der Waals surface area contributed by atoms with Gasteiger partial charge >= 0.3 is 0 Å². The maximum Gasteiger partial charge on any atom is 0.141 e. The molecule has 4 heteroatoms. The summed E-state index contributed by atoms with van der Waals surface area (Å²) in [5, 5.41) is 0.235. The van der Waals surface area contributed by atoms with Crippen molar-refractivity contribution in [3.63, 3.8) is 0 Å². The molecular formula is C12H14ClFO2. The van der Waals surface area contributed by atoms with E-state index in [1.54, 1.807) is 6.92 Å². The summed E-state index contributed by atoms with van der Waals surface area (Å²) in [5.74, 6) is -0.0332. The van der Waals surface area contributed by atoms with Crippen molar-refractivity contribution in [3.8, 4) is 5.75 Å². The summed E-state index contributed by atoms with van der Waals surface area (Å²) in [4.78, 5) is 10.5. The van der Waals surface area contributed by atoms with Crippen LogP contribution in [0.15, 0.2) is 6.07 Å². The second-order valence-corrected chi connectivity index (χ2v) is 4.12. The lowest BCUT2D eigenvalue weighted by atomic mass is 9.93. The number of carbonyl (C=O) groups excluding carboxylic acids is 1. The van der Waals surface area contributed by atoms with Gasteiger partial charge in [0.1, 0.15) is 17.9 Å². The van der Waals surface area contributed by atoms with Gasteiger partial charge in [0.05, 0.1) is 12.1 Å². The first-order valence-corrected chi connectivity index (χ1v) is 5.36. The number of halogens is 2. The van der Waals surface area contributed by atoms with Gasteiger partial charge in [-0.1, -0.05) is 18.5 Å². The van der Waals surface area contributed by atoms with E-state index in [2.05, 4.69) is 0 Å². The summed E-state index contributed by atoms with van der Waals surface area (Å²) in [5.41, 5.74) is 1.15. The lowest BCUT2D eigenvalue weighted by molar-refractivity contribution is -0.108. The molecule has 0 heterocycles. The van der Waals surface area contributed by atoms with Gasteiger partial charge in [-0.05, 0) is 24.5 Å². The van der Waals surface area contributed by atoms with Gasteiger partial charge in [-0.15, -0.1) is 0 Å². The summed E-state index contributed by atoms with van der Waals surface area (Å²) in [7, 11) is 1.48. The van der Waals surface area contributed by atoms with E-state index in [0.29, 0.717) is 23.3 Å². The quantitative estimate of drug-likeness (QED) is 0.758. The molecule has 0 amide bonds. The average Bonchev–Trinajstić information content (AvgIpc) is 2.23. The van der Waals surface area contributed by atoms with Gasteiger partial charge in [0.15, 0.2) is 0 Å². The van der Waals surface area contributed by atoms with Crippen molar-refractivity contribution < 1.29 is 13.9 Å². The summed E-state index contributed by atoms with van der Waals surface area (Å²) in [6, 6.07) is 1.23. The molecule has 2 nitrogen and oxygen atoms in total. The predicted octanol–water partition coefficient (Wildman–Crippen LogP) is 3.49. The van der Waals surface area contributed by atoms with Crippen molar-refractivity contribution in [2.45, 2.75) is 26.2 Å². The zero-order chi connectivity index (χ0) is 12.3. The molecule has 0 aromatic heterocycles. The first-order valence-electron chi connectivity index (χ1n) is 4.99. The van der Waals surface area contributed by atoms with Crippen molar-refractivity contribution in [2.24, 2.45) is 0 Å². The van der Waals surface area contributed by atoms with Gasteiger partial charge in [-0.2, -0.15) is 0 Å². The maximum absolute atomic E-state index is 13.5. The fraction of sp³-hybridized carbons (Fsp3) is 0.417.